The zero-order valence-corrected chi connectivity index (χ0v) is 11.1. The van der Waals surface area contributed by atoms with Crippen LogP contribution in [-0.4, -0.2) is 92.9 Å². The van der Waals surface area contributed by atoms with Crippen LogP contribution in [0.1, 0.15) is 0 Å². The summed E-state index contributed by atoms with van der Waals surface area (Å²) in [6.07, 6.45) is -7.49. The van der Waals surface area contributed by atoms with Crippen LogP contribution >= 0.6 is 0 Å². The molecule has 2 heterocycles. The Hall–Kier alpha value is -0.780. The van der Waals surface area contributed by atoms with E-state index < -0.39 is 62.2 Å². The first kappa shape index (κ1) is 16.6. The molecule has 0 radical (unpaired) electrons. The molecule has 9 nitrogen and oxygen atoms in total. The summed E-state index contributed by atoms with van der Waals surface area (Å²) in [5.41, 5.74) is 0. The highest BCUT2D eigenvalue weighted by atomic mass is 16.7. The topological polar surface area (TPSA) is 149 Å². The van der Waals surface area contributed by atoms with E-state index in [-0.39, 0.29) is 0 Å². The van der Waals surface area contributed by atoms with Gasteiger partial charge in [0.2, 0.25) is 0 Å². The molecule has 0 aliphatic carbocycles. The molecule has 21 heavy (non-hydrogen) atoms. The van der Waals surface area contributed by atoms with Gasteiger partial charge >= 0.3 is 0 Å². The van der Waals surface area contributed by atoms with E-state index in [2.05, 4.69) is 0 Å². The summed E-state index contributed by atoms with van der Waals surface area (Å²) in [5, 5.41) is 57.2. The van der Waals surface area contributed by atoms with Crippen molar-refractivity contribution in [1.29, 1.82) is 0 Å². The number of hydrogen-bond donors (Lipinski definition) is 6. The molecule has 0 bridgehead atoms. The number of rotatable bonds is 4. The van der Waals surface area contributed by atoms with Gasteiger partial charge in [-0.2, -0.15) is 0 Å². The van der Waals surface area contributed by atoms with Crippen LogP contribution in [0.2, 0.25) is 0 Å². The average molecular weight is 308 g/mol. The molecule has 2 rings (SSSR count). The van der Waals surface area contributed by atoms with Crippen molar-refractivity contribution >= 4 is 0 Å². The van der Waals surface area contributed by atoms with Gasteiger partial charge in [0.1, 0.15) is 42.7 Å². The van der Waals surface area contributed by atoms with E-state index >= 15 is 0 Å². The second-order valence-corrected chi connectivity index (χ2v) is 4.97. The van der Waals surface area contributed by atoms with E-state index in [1.165, 1.54) is 12.3 Å². The normalized spacial score (nSPS) is 47.1. The van der Waals surface area contributed by atoms with Crippen molar-refractivity contribution in [3.63, 3.8) is 0 Å². The maximum absolute atomic E-state index is 9.93. The lowest BCUT2D eigenvalue weighted by atomic mass is 9.99. The van der Waals surface area contributed by atoms with Gasteiger partial charge in [0.15, 0.2) is 6.29 Å². The second-order valence-electron chi connectivity index (χ2n) is 4.97. The lowest BCUT2D eigenvalue weighted by Gasteiger charge is -2.41. The molecular formula is C12H20O9. The molecule has 1 saturated heterocycles. The third-order valence-electron chi connectivity index (χ3n) is 3.56. The highest BCUT2D eigenvalue weighted by Gasteiger charge is 2.46. The van der Waals surface area contributed by atoms with Crippen molar-refractivity contribution in [2.45, 2.75) is 49.0 Å². The molecule has 2 aliphatic heterocycles. The predicted molar refractivity (Wildman–Crippen MR) is 65.7 cm³/mol. The second kappa shape index (κ2) is 6.99. The number of aliphatic hydroxyl groups excluding tert-OH is 6. The lowest BCUT2D eigenvalue weighted by molar-refractivity contribution is -0.315. The molecule has 0 saturated carbocycles. The summed E-state index contributed by atoms with van der Waals surface area (Å²) in [6, 6.07) is 0. The maximum atomic E-state index is 9.93. The fourth-order valence-electron chi connectivity index (χ4n) is 2.24. The van der Waals surface area contributed by atoms with E-state index in [0.29, 0.717) is 0 Å². The largest absolute Gasteiger partial charge is 0.493 e. The summed E-state index contributed by atoms with van der Waals surface area (Å²) in [7, 11) is 0. The quantitative estimate of drug-likeness (QED) is 0.310. The zero-order chi connectivity index (χ0) is 15.6. The molecule has 2 aliphatic rings. The SMILES string of the molecule is OCC1OC=CC(OC2OC(CO)[C@H](O)[C@H](O)[C@@H]2O)C1O. The van der Waals surface area contributed by atoms with Gasteiger partial charge in [-0.1, -0.05) is 0 Å². The summed E-state index contributed by atoms with van der Waals surface area (Å²) < 4.78 is 15.5. The Morgan fingerprint density at radius 1 is 0.857 bits per heavy atom. The monoisotopic (exact) mass is 308 g/mol. The third-order valence-corrected chi connectivity index (χ3v) is 3.56. The number of hydrogen-bond acceptors (Lipinski definition) is 9. The van der Waals surface area contributed by atoms with Gasteiger partial charge in [-0.25, -0.2) is 0 Å². The third kappa shape index (κ3) is 3.35. The number of ether oxygens (including phenoxy) is 3. The molecule has 1 fully saturated rings. The molecule has 0 aromatic rings. The van der Waals surface area contributed by atoms with Crippen LogP contribution in [0.15, 0.2) is 12.3 Å². The minimum absolute atomic E-state index is 0.431. The van der Waals surface area contributed by atoms with E-state index in [1.807, 2.05) is 0 Å². The van der Waals surface area contributed by atoms with Crippen LogP contribution in [0.3, 0.4) is 0 Å². The minimum Gasteiger partial charge on any atom is -0.493 e. The van der Waals surface area contributed by atoms with Gasteiger partial charge in [0.05, 0.1) is 19.5 Å². The molecule has 0 amide bonds. The molecule has 6 N–H and O–H groups in total. The van der Waals surface area contributed by atoms with Crippen molar-refractivity contribution in [3.8, 4) is 0 Å². The van der Waals surface area contributed by atoms with Crippen molar-refractivity contribution in [2.24, 2.45) is 0 Å². The fraction of sp³-hybridized carbons (Fsp3) is 0.833. The molecule has 0 aromatic carbocycles. The van der Waals surface area contributed by atoms with Gasteiger partial charge in [-0.15, -0.1) is 0 Å². The number of aliphatic hydroxyl groups is 6. The Balaban J connectivity index is 2.04. The van der Waals surface area contributed by atoms with Gasteiger partial charge in [-0.05, 0) is 6.08 Å². The van der Waals surface area contributed by atoms with Crippen molar-refractivity contribution in [2.75, 3.05) is 13.2 Å². The molecule has 0 aromatic heterocycles. The van der Waals surface area contributed by atoms with Crippen molar-refractivity contribution in [1.82, 2.24) is 0 Å². The Bertz CT molecular complexity index is 361. The highest BCUT2D eigenvalue weighted by Crippen LogP contribution is 2.25. The van der Waals surface area contributed by atoms with Crippen LogP contribution in [0.4, 0.5) is 0 Å². The predicted octanol–water partition coefficient (Wildman–Crippen LogP) is -3.56. The fourth-order valence-corrected chi connectivity index (χ4v) is 2.24. The summed E-state index contributed by atoms with van der Waals surface area (Å²) >= 11 is 0. The first-order chi connectivity index (χ1) is 9.99. The van der Waals surface area contributed by atoms with E-state index in [9.17, 15) is 20.4 Å². The Morgan fingerprint density at radius 3 is 2.14 bits per heavy atom. The molecule has 5 unspecified atom stereocenters. The van der Waals surface area contributed by atoms with Crippen LogP contribution < -0.4 is 0 Å². The maximum Gasteiger partial charge on any atom is 0.187 e. The summed E-state index contributed by atoms with van der Waals surface area (Å²) in [5.74, 6) is 0. The molecular weight excluding hydrogens is 288 g/mol. The highest BCUT2D eigenvalue weighted by molar-refractivity contribution is 4.99. The summed E-state index contributed by atoms with van der Waals surface area (Å²) in [6.45, 7) is -1.00. The standard InChI is InChI=1S/C12H20O9/c13-3-6-8(15)5(1-2-19-6)20-12-11(18)10(17)9(16)7(4-14)21-12/h1-2,5-18H,3-4H2/t5?,6?,7?,8?,9-,10-,11-,12?/m0/s1. The minimum atomic E-state index is -1.56. The van der Waals surface area contributed by atoms with Crippen LogP contribution in [0.5, 0.6) is 0 Å². The molecule has 122 valence electrons. The van der Waals surface area contributed by atoms with Gasteiger partial charge in [0.25, 0.3) is 0 Å². The van der Waals surface area contributed by atoms with Gasteiger partial charge in [-0.3, -0.25) is 0 Å². The molecule has 9 heteroatoms. The van der Waals surface area contributed by atoms with Gasteiger partial charge < -0.3 is 44.8 Å². The summed E-state index contributed by atoms with van der Waals surface area (Å²) in [4.78, 5) is 0. The first-order valence-electron chi connectivity index (χ1n) is 6.56. The van der Waals surface area contributed by atoms with E-state index in [4.69, 9.17) is 24.4 Å². The lowest BCUT2D eigenvalue weighted by Crippen LogP contribution is -2.60. The van der Waals surface area contributed by atoms with E-state index in [0.717, 1.165) is 0 Å². The van der Waals surface area contributed by atoms with Crippen molar-refractivity contribution in [3.05, 3.63) is 12.3 Å². The van der Waals surface area contributed by atoms with E-state index in [1.54, 1.807) is 0 Å². The zero-order valence-electron chi connectivity index (χ0n) is 11.1. The molecule has 0 spiro atoms. The first-order valence-corrected chi connectivity index (χ1v) is 6.56. The van der Waals surface area contributed by atoms with Crippen LogP contribution in [0.25, 0.3) is 0 Å². The Morgan fingerprint density at radius 2 is 1.52 bits per heavy atom. The average Bonchev–Trinajstić information content (AvgIpc) is 2.49. The Labute approximate surface area is 120 Å². The molecule has 8 atom stereocenters. The Kier molecular flexibility index (Phi) is 5.52. The smallest absolute Gasteiger partial charge is 0.187 e. The van der Waals surface area contributed by atoms with Crippen molar-refractivity contribution < 1.29 is 44.8 Å². The van der Waals surface area contributed by atoms with Gasteiger partial charge in [0, 0.05) is 0 Å². The van der Waals surface area contributed by atoms with Crippen LogP contribution in [0, 0.1) is 0 Å². The van der Waals surface area contributed by atoms with Crippen LogP contribution in [-0.2, 0) is 14.2 Å².